The molecule has 0 N–H and O–H groups in total. The molecule has 0 saturated carbocycles. The van der Waals surface area contributed by atoms with Gasteiger partial charge in [0, 0.05) is 19.3 Å². The zero-order valence-electron chi connectivity index (χ0n) is 41.8. The monoisotopic (exact) mass is 891 g/mol. The fraction of sp³-hybridized carbons (Fsp3) is 0.707. The van der Waals surface area contributed by atoms with Gasteiger partial charge in [0.15, 0.2) is 6.10 Å². The maximum atomic E-state index is 12.8. The van der Waals surface area contributed by atoms with E-state index < -0.39 is 6.10 Å². The molecule has 0 aliphatic heterocycles. The molecule has 6 heteroatoms. The van der Waals surface area contributed by atoms with Crippen LogP contribution in [0.4, 0.5) is 0 Å². The highest BCUT2D eigenvalue weighted by Gasteiger charge is 2.19. The van der Waals surface area contributed by atoms with Crippen molar-refractivity contribution in [3.63, 3.8) is 0 Å². The van der Waals surface area contributed by atoms with E-state index in [4.69, 9.17) is 14.2 Å². The number of rotatable bonds is 47. The summed E-state index contributed by atoms with van der Waals surface area (Å²) in [6.07, 6.45) is 67.1. The second kappa shape index (κ2) is 52.2. The van der Waals surface area contributed by atoms with Crippen LogP contribution in [0.3, 0.4) is 0 Å². The Morgan fingerprint density at radius 2 is 0.578 bits per heavy atom. The predicted octanol–water partition coefficient (Wildman–Crippen LogP) is 17.6. The molecule has 0 aromatic carbocycles. The van der Waals surface area contributed by atoms with E-state index in [2.05, 4.69) is 106 Å². The molecule has 0 aliphatic carbocycles. The van der Waals surface area contributed by atoms with Crippen molar-refractivity contribution in [2.75, 3.05) is 13.2 Å². The van der Waals surface area contributed by atoms with Gasteiger partial charge < -0.3 is 14.2 Å². The van der Waals surface area contributed by atoms with E-state index >= 15 is 0 Å². The molecule has 0 aliphatic rings. The number of hydrogen-bond donors (Lipinski definition) is 0. The SMILES string of the molecule is CCCCC/C=C\C/C=C\C/C=C\C/C=C\CCCC(=O)OC[C@@H](COC(=O)CCCCCCCCCCCCCCCC)OC(=O)CCCC/C=C\C/C=C\C/C=C\CCCCC. The number of carbonyl (C=O) groups is 3. The zero-order chi connectivity index (χ0) is 46.5. The summed E-state index contributed by atoms with van der Waals surface area (Å²) in [7, 11) is 0. The Morgan fingerprint density at radius 3 is 0.969 bits per heavy atom. The summed E-state index contributed by atoms with van der Waals surface area (Å²) in [5.41, 5.74) is 0. The molecule has 0 aromatic rings. The number of ether oxygens (including phenoxy) is 3. The van der Waals surface area contributed by atoms with Gasteiger partial charge in [0.25, 0.3) is 0 Å². The lowest BCUT2D eigenvalue weighted by Crippen LogP contribution is -2.30. The van der Waals surface area contributed by atoms with Crippen LogP contribution >= 0.6 is 0 Å². The molecule has 0 amide bonds. The van der Waals surface area contributed by atoms with Crippen LogP contribution in [0.2, 0.25) is 0 Å². The van der Waals surface area contributed by atoms with Crippen molar-refractivity contribution in [3.8, 4) is 0 Å². The number of unbranched alkanes of at least 4 members (excludes halogenated alkanes) is 22. The van der Waals surface area contributed by atoms with E-state index in [-0.39, 0.29) is 44.0 Å². The van der Waals surface area contributed by atoms with E-state index in [9.17, 15) is 14.4 Å². The molecular formula is C58H98O6. The highest BCUT2D eigenvalue weighted by atomic mass is 16.6. The van der Waals surface area contributed by atoms with Gasteiger partial charge in [-0.3, -0.25) is 14.4 Å². The third-order valence-corrected chi connectivity index (χ3v) is 11.1. The smallest absolute Gasteiger partial charge is 0.306 e. The number of allylic oxidation sites excluding steroid dienone is 14. The summed E-state index contributed by atoms with van der Waals surface area (Å²) >= 11 is 0. The minimum absolute atomic E-state index is 0.108. The Bertz CT molecular complexity index is 1250. The van der Waals surface area contributed by atoms with Crippen molar-refractivity contribution in [1.82, 2.24) is 0 Å². The lowest BCUT2D eigenvalue weighted by Gasteiger charge is -2.18. The molecule has 366 valence electrons. The normalized spacial score (nSPS) is 12.7. The largest absolute Gasteiger partial charge is 0.462 e. The van der Waals surface area contributed by atoms with Gasteiger partial charge >= 0.3 is 17.9 Å². The number of carbonyl (C=O) groups excluding carboxylic acids is 3. The highest BCUT2D eigenvalue weighted by Crippen LogP contribution is 2.14. The van der Waals surface area contributed by atoms with Crippen molar-refractivity contribution in [2.24, 2.45) is 0 Å². The summed E-state index contributed by atoms with van der Waals surface area (Å²) in [5, 5.41) is 0. The summed E-state index contributed by atoms with van der Waals surface area (Å²) in [4.78, 5) is 38.0. The van der Waals surface area contributed by atoms with Crippen LogP contribution < -0.4 is 0 Å². The molecular weight excluding hydrogens is 793 g/mol. The zero-order valence-corrected chi connectivity index (χ0v) is 41.8. The van der Waals surface area contributed by atoms with Gasteiger partial charge in [-0.1, -0.05) is 215 Å². The first kappa shape index (κ1) is 60.6. The average Bonchev–Trinajstić information content (AvgIpc) is 3.29. The quantitative estimate of drug-likeness (QED) is 0.0262. The fourth-order valence-corrected chi connectivity index (χ4v) is 7.09. The molecule has 0 fully saturated rings. The molecule has 0 unspecified atom stereocenters. The predicted molar refractivity (Wildman–Crippen MR) is 274 cm³/mol. The van der Waals surface area contributed by atoms with Crippen LogP contribution in [0.5, 0.6) is 0 Å². The van der Waals surface area contributed by atoms with Crippen molar-refractivity contribution in [2.45, 2.75) is 252 Å². The topological polar surface area (TPSA) is 78.9 Å². The Kier molecular flexibility index (Phi) is 49.4. The molecule has 0 heterocycles. The van der Waals surface area contributed by atoms with Crippen LogP contribution in [0.25, 0.3) is 0 Å². The third kappa shape index (κ3) is 49.6. The van der Waals surface area contributed by atoms with Crippen LogP contribution in [-0.2, 0) is 28.6 Å². The maximum absolute atomic E-state index is 12.8. The third-order valence-electron chi connectivity index (χ3n) is 11.1. The molecule has 0 aromatic heterocycles. The maximum Gasteiger partial charge on any atom is 0.306 e. The van der Waals surface area contributed by atoms with Crippen LogP contribution in [0, 0.1) is 0 Å². The van der Waals surface area contributed by atoms with E-state index in [1.165, 1.54) is 122 Å². The first-order valence-electron chi connectivity index (χ1n) is 26.6. The second-order valence-electron chi connectivity index (χ2n) is 17.4. The second-order valence-corrected chi connectivity index (χ2v) is 17.4. The van der Waals surface area contributed by atoms with Gasteiger partial charge in [0.05, 0.1) is 0 Å². The first-order valence-corrected chi connectivity index (χ1v) is 26.6. The van der Waals surface area contributed by atoms with Crippen LogP contribution in [0.15, 0.2) is 85.1 Å². The van der Waals surface area contributed by atoms with Gasteiger partial charge in [0.2, 0.25) is 0 Å². The lowest BCUT2D eigenvalue weighted by molar-refractivity contribution is -0.167. The molecule has 0 saturated heterocycles. The van der Waals surface area contributed by atoms with E-state index in [1.807, 2.05) is 0 Å². The Labute approximate surface area is 395 Å². The minimum Gasteiger partial charge on any atom is -0.462 e. The van der Waals surface area contributed by atoms with E-state index in [0.29, 0.717) is 19.3 Å². The fourth-order valence-electron chi connectivity index (χ4n) is 7.09. The Hall–Kier alpha value is -3.41. The van der Waals surface area contributed by atoms with Gasteiger partial charge in [-0.25, -0.2) is 0 Å². The van der Waals surface area contributed by atoms with Crippen LogP contribution in [-0.4, -0.2) is 37.2 Å². The van der Waals surface area contributed by atoms with E-state index in [1.54, 1.807) is 0 Å². The minimum atomic E-state index is -0.817. The lowest BCUT2D eigenvalue weighted by atomic mass is 10.0. The highest BCUT2D eigenvalue weighted by molar-refractivity contribution is 5.71. The number of esters is 3. The van der Waals surface area contributed by atoms with E-state index in [0.717, 1.165) is 70.6 Å². The Balaban J connectivity index is 4.53. The van der Waals surface area contributed by atoms with Gasteiger partial charge in [-0.2, -0.15) is 0 Å². The molecule has 6 nitrogen and oxygen atoms in total. The van der Waals surface area contributed by atoms with Crippen molar-refractivity contribution in [3.05, 3.63) is 85.1 Å². The molecule has 1 atom stereocenters. The Morgan fingerprint density at radius 1 is 0.312 bits per heavy atom. The molecule has 0 bridgehead atoms. The average molecular weight is 891 g/mol. The van der Waals surface area contributed by atoms with Gasteiger partial charge in [0.1, 0.15) is 13.2 Å². The molecule has 0 rings (SSSR count). The van der Waals surface area contributed by atoms with Crippen molar-refractivity contribution < 1.29 is 28.6 Å². The summed E-state index contributed by atoms with van der Waals surface area (Å²) in [5.74, 6) is -1.00. The van der Waals surface area contributed by atoms with Crippen molar-refractivity contribution in [1.29, 1.82) is 0 Å². The first-order chi connectivity index (χ1) is 31.5. The summed E-state index contributed by atoms with van der Waals surface area (Å²) in [6, 6.07) is 0. The summed E-state index contributed by atoms with van der Waals surface area (Å²) < 4.78 is 16.7. The van der Waals surface area contributed by atoms with Crippen LogP contribution in [0.1, 0.15) is 245 Å². The van der Waals surface area contributed by atoms with Crippen molar-refractivity contribution >= 4 is 17.9 Å². The molecule has 0 spiro atoms. The molecule has 64 heavy (non-hydrogen) atoms. The number of hydrogen-bond acceptors (Lipinski definition) is 6. The standard InChI is InChI=1S/C58H98O6/c1-4-7-10-13-16-19-22-25-28-29-31-33-36-39-42-45-48-51-57(60)63-54-55(53-62-56(59)50-47-44-41-38-35-32-27-24-21-18-15-12-9-6-3)64-58(61)52-49-46-43-40-37-34-30-26-23-20-17-14-11-8-5-2/h16-17,19-20,25-26,28,30-31,33,37,39-40,42,55H,4-15,18,21-24,27,29,32,34-36,38,41,43-54H2,1-3H3/b19-16-,20-17-,28-25-,30-26-,33-31-,40-37-,42-39-/t55-/m1/s1. The summed E-state index contributed by atoms with van der Waals surface area (Å²) in [6.45, 7) is 6.50. The molecule has 0 radical (unpaired) electrons. The van der Waals surface area contributed by atoms with Gasteiger partial charge in [-0.05, 0) is 96.3 Å². The van der Waals surface area contributed by atoms with Gasteiger partial charge in [-0.15, -0.1) is 0 Å².